The van der Waals surface area contributed by atoms with E-state index in [4.69, 9.17) is 9.47 Å². The van der Waals surface area contributed by atoms with Gasteiger partial charge in [-0.25, -0.2) is 0 Å². The molecule has 12 nitrogen and oxygen atoms in total. The molecule has 0 radical (unpaired) electrons. The highest BCUT2D eigenvalue weighted by Crippen LogP contribution is 2.80. The predicted octanol–water partition coefficient (Wildman–Crippen LogP) is 6.39. The second kappa shape index (κ2) is 24.7. The van der Waals surface area contributed by atoms with Gasteiger partial charge in [0, 0.05) is 67.2 Å². The molecule has 9 N–H and O–H groups in total. The number of carbonyl (C=O) groups is 1. The number of fused-ring (bicyclic) bond motifs is 4. The molecule has 5 aliphatic carbocycles. The molecule has 13 atom stereocenters. The number of ether oxygens (including phenoxy) is 2. The van der Waals surface area contributed by atoms with Crippen molar-refractivity contribution >= 4 is 6.29 Å². The van der Waals surface area contributed by atoms with E-state index in [0.29, 0.717) is 82.2 Å². The highest BCUT2D eigenvalue weighted by atomic mass is 16.5. The fourth-order valence-corrected chi connectivity index (χ4v) is 15.4. The second-order valence-electron chi connectivity index (χ2n) is 23.1. The van der Waals surface area contributed by atoms with Crippen molar-refractivity contribution in [3.63, 3.8) is 0 Å². The topological polar surface area (TPSA) is 193 Å². The minimum absolute atomic E-state index is 0.0537. The van der Waals surface area contributed by atoms with Crippen molar-refractivity contribution in [1.29, 1.82) is 0 Å². The number of allylic oxidation sites excluding steroid dienone is 9. The predicted molar refractivity (Wildman–Crippen MR) is 285 cm³/mol. The zero-order valence-electron chi connectivity index (χ0n) is 44.3. The lowest BCUT2D eigenvalue weighted by atomic mass is 9.34. The Hall–Kier alpha value is -3.11. The molecule has 72 heavy (non-hydrogen) atoms. The fourth-order valence-electron chi connectivity index (χ4n) is 15.4. The first kappa shape index (κ1) is 56.6. The van der Waals surface area contributed by atoms with Gasteiger partial charge in [0.15, 0.2) is 0 Å². The quantitative estimate of drug-likeness (QED) is 0.0270. The number of benzene rings is 1. The van der Waals surface area contributed by atoms with E-state index in [1.54, 1.807) is 7.11 Å². The first-order valence-electron chi connectivity index (χ1n) is 27.4. The maximum Gasteiger partial charge on any atom is 0.145 e. The van der Waals surface area contributed by atoms with Crippen LogP contribution in [0.2, 0.25) is 0 Å². The van der Waals surface area contributed by atoms with Crippen LogP contribution < -0.4 is 16.0 Å². The lowest BCUT2D eigenvalue weighted by molar-refractivity contribution is -0.256. The lowest BCUT2D eigenvalue weighted by Crippen LogP contribution is -2.73. The molecule has 1 heterocycles. The molecule has 0 saturated heterocycles. The van der Waals surface area contributed by atoms with Gasteiger partial charge in [0.25, 0.3) is 0 Å². The molecule has 1 aromatic carbocycles. The molecule has 6 bridgehead atoms. The summed E-state index contributed by atoms with van der Waals surface area (Å²) in [5.41, 5.74) is 3.33. The van der Waals surface area contributed by atoms with E-state index in [9.17, 15) is 35.4 Å². The molecule has 2 spiro atoms. The average Bonchev–Trinajstić information content (AvgIpc) is 3.58. The van der Waals surface area contributed by atoms with E-state index in [1.807, 2.05) is 27.0 Å². The Morgan fingerprint density at radius 1 is 1.08 bits per heavy atom. The monoisotopic (exact) mass is 998 g/mol. The zero-order chi connectivity index (χ0) is 51.7. The van der Waals surface area contributed by atoms with Crippen molar-refractivity contribution in [2.75, 3.05) is 66.8 Å². The van der Waals surface area contributed by atoms with E-state index in [2.05, 4.69) is 84.1 Å². The van der Waals surface area contributed by atoms with Crippen molar-refractivity contribution in [2.24, 2.45) is 39.9 Å². The number of aldehydes is 1. The van der Waals surface area contributed by atoms with Crippen LogP contribution in [0, 0.1) is 39.9 Å². The van der Waals surface area contributed by atoms with Crippen LogP contribution in [0.4, 0.5) is 0 Å². The van der Waals surface area contributed by atoms with Crippen molar-refractivity contribution in [1.82, 2.24) is 16.0 Å². The van der Waals surface area contributed by atoms with Crippen LogP contribution in [0.1, 0.15) is 115 Å². The van der Waals surface area contributed by atoms with E-state index in [0.717, 1.165) is 80.9 Å². The van der Waals surface area contributed by atoms with Crippen LogP contribution in [0.3, 0.4) is 0 Å². The van der Waals surface area contributed by atoms with Gasteiger partial charge in [0.05, 0.1) is 37.6 Å². The van der Waals surface area contributed by atoms with Crippen LogP contribution in [0.25, 0.3) is 0 Å². The van der Waals surface area contributed by atoms with Crippen LogP contribution in [0.15, 0.2) is 95.2 Å². The van der Waals surface area contributed by atoms with Crippen LogP contribution >= 0.6 is 0 Å². The molecule has 1 aliphatic heterocycles. The van der Waals surface area contributed by atoms with Crippen LogP contribution in [0.5, 0.6) is 0 Å². The third-order valence-corrected chi connectivity index (χ3v) is 18.9. The Morgan fingerprint density at radius 2 is 1.88 bits per heavy atom. The van der Waals surface area contributed by atoms with Gasteiger partial charge in [-0.1, -0.05) is 84.9 Å². The number of nitrogens with one attached hydrogen (secondary N) is 3. The zero-order valence-corrected chi connectivity index (χ0v) is 44.3. The average molecular weight is 998 g/mol. The lowest BCUT2D eigenvalue weighted by Gasteiger charge is -2.71. The highest BCUT2D eigenvalue weighted by molar-refractivity contribution is 5.75. The van der Waals surface area contributed by atoms with E-state index >= 15 is 0 Å². The molecular formula is C60H91N3O9. The van der Waals surface area contributed by atoms with Crippen molar-refractivity contribution in [2.45, 2.75) is 153 Å². The molecule has 6 aliphatic rings. The number of rotatable bonds is 22. The number of methoxy groups -OCH3 is 1. The second-order valence-corrected chi connectivity index (χ2v) is 23.1. The number of carbonyl (C=O) groups excluding carboxylic acids is 1. The molecule has 12 heteroatoms. The summed E-state index contributed by atoms with van der Waals surface area (Å²) in [5.74, 6) is 0.198. The third kappa shape index (κ3) is 11.2. The summed E-state index contributed by atoms with van der Waals surface area (Å²) in [6.07, 6.45) is 22.8. The van der Waals surface area contributed by atoms with Gasteiger partial charge < -0.3 is 56.1 Å². The fraction of sp³-hybridized carbons (Fsp3) is 0.683. The van der Waals surface area contributed by atoms with Gasteiger partial charge in [-0.3, -0.25) is 4.79 Å². The Labute approximate surface area is 431 Å². The molecule has 0 aromatic heterocycles. The molecule has 4 saturated carbocycles. The number of hydrogen-bond donors (Lipinski definition) is 9. The normalized spacial score (nSPS) is 37.2. The van der Waals surface area contributed by atoms with Gasteiger partial charge in [0.2, 0.25) is 0 Å². The smallest absolute Gasteiger partial charge is 0.145 e. The van der Waals surface area contributed by atoms with Crippen molar-refractivity contribution in [3.05, 3.63) is 106 Å². The third-order valence-electron chi connectivity index (χ3n) is 18.9. The minimum atomic E-state index is -1.29. The summed E-state index contributed by atoms with van der Waals surface area (Å²) in [6.45, 7) is 12.8. The van der Waals surface area contributed by atoms with Crippen molar-refractivity contribution < 1.29 is 44.9 Å². The van der Waals surface area contributed by atoms with E-state index in [-0.39, 0.29) is 49.2 Å². The molecule has 4 fully saturated rings. The minimum Gasteiger partial charge on any atom is -0.396 e. The molecular weight excluding hydrogens is 907 g/mol. The summed E-state index contributed by atoms with van der Waals surface area (Å²) < 4.78 is 12.0. The van der Waals surface area contributed by atoms with Crippen LogP contribution in [-0.4, -0.2) is 139 Å². The first-order valence-corrected chi connectivity index (χ1v) is 27.4. The Balaban J connectivity index is 1.21. The standard InChI is InChI=1S/C60H91N3O9/c1-41-16-17-47(31-45-11-8-12-46(30-45)33-57(63-35-41,26-29-71-6)50-13-9-15-52(32-50)62-36-44(4)67)42(2)10-7-14-51(39-72-40-53(68)38-66)56-21-23-59-49(20-28-64)19-18-48(54(59)43(3)37-65)34-58(70,25-27-61-5)60(59,24-22-56)55(56)69/h7-8,10-12,14,16,18-19,30,37,44,47-50,52-53,55,61-64,66-70H,2,9,13,15,17,20-29,31-36,38-40H2,1,3-6H3/b10-7+,41-16+,51-14-,54-43?/t44-,47+,48-,49+,50+,52-,53+,55+,56-,57+,58+,59-,60+/m0/s1. The summed E-state index contributed by atoms with van der Waals surface area (Å²) in [7, 11) is 3.67. The summed E-state index contributed by atoms with van der Waals surface area (Å²) in [6, 6.07) is 9.45. The molecule has 1 aromatic rings. The first-order chi connectivity index (χ1) is 34.6. The SMILES string of the molecule is C=C(/C=C/C=C(/COC[C@H](O)CO)[C@]12CC[C@@]3([C@@H]1O)[C@@](O)(CCNC)C[C@@H]1C=C[C@H](CCO)[C@@]3(CC2)C1=C(C)C=O)[C@@H]1C/C=C(\C)CN[C@@](CCOC)([C@@H]2CCC[C@H](NC[C@H](C)O)C2)Cc2cccc(c2)C1. The summed E-state index contributed by atoms with van der Waals surface area (Å²) in [4.78, 5) is 12.8. The van der Waals surface area contributed by atoms with Gasteiger partial charge >= 0.3 is 0 Å². The van der Waals surface area contributed by atoms with Gasteiger partial charge in [0.1, 0.15) is 12.4 Å². The van der Waals surface area contributed by atoms with E-state index < -0.39 is 40.7 Å². The number of aliphatic hydroxyl groups is 6. The van der Waals surface area contributed by atoms with Gasteiger partial charge in [-0.15, -0.1) is 0 Å². The Bertz CT molecular complexity index is 2170. The summed E-state index contributed by atoms with van der Waals surface area (Å²) in [5, 5.41) is 78.6. The van der Waals surface area contributed by atoms with E-state index in [1.165, 1.54) is 16.7 Å². The summed E-state index contributed by atoms with van der Waals surface area (Å²) >= 11 is 0. The number of aliphatic hydroxyl groups excluding tert-OH is 5. The largest absolute Gasteiger partial charge is 0.396 e. The highest BCUT2D eigenvalue weighted by Gasteiger charge is 2.79. The van der Waals surface area contributed by atoms with Crippen LogP contribution in [-0.2, 0) is 27.1 Å². The van der Waals surface area contributed by atoms with Crippen molar-refractivity contribution in [3.8, 4) is 0 Å². The molecule has 0 amide bonds. The molecule has 400 valence electrons. The Kier molecular flexibility index (Phi) is 19.4. The maximum atomic E-state index is 13.5. The molecule has 0 unspecified atom stereocenters. The molecule has 7 rings (SSSR count). The maximum absolute atomic E-state index is 13.5. The Morgan fingerprint density at radius 3 is 2.61 bits per heavy atom. The van der Waals surface area contributed by atoms with Gasteiger partial charge in [-0.05, 0) is 170 Å². The van der Waals surface area contributed by atoms with Gasteiger partial charge in [-0.2, -0.15) is 0 Å². The number of hydrogen-bond acceptors (Lipinski definition) is 12.